The number of likely N-dealkylation sites (N-methyl/N-ethyl adjacent to an activating group) is 1. The topological polar surface area (TPSA) is 38.5 Å². The van der Waals surface area contributed by atoms with E-state index in [9.17, 15) is 0 Å². The Bertz CT molecular complexity index is 449. The van der Waals surface area contributed by atoms with Crippen molar-refractivity contribution in [3.05, 3.63) is 29.8 Å². The molecule has 1 fully saturated rings. The molecule has 0 bridgehead atoms. The first-order chi connectivity index (χ1) is 10.1. The van der Waals surface area contributed by atoms with Crippen molar-refractivity contribution in [2.45, 2.75) is 51.1 Å². The van der Waals surface area contributed by atoms with E-state index < -0.39 is 0 Å². The fraction of sp³-hybridized carbons (Fsp3) is 0.667. The molecule has 2 unspecified atom stereocenters. The molecular formula is C18H30N2O. The van der Waals surface area contributed by atoms with E-state index in [1.165, 1.54) is 37.7 Å². The summed E-state index contributed by atoms with van der Waals surface area (Å²) in [5, 5.41) is 0. The predicted molar refractivity (Wildman–Crippen MR) is 88.5 cm³/mol. The van der Waals surface area contributed by atoms with Gasteiger partial charge in [-0.25, -0.2) is 0 Å². The number of nitrogens with two attached hydrogens (primary N) is 1. The maximum Gasteiger partial charge on any atom is 0.119 e. The predicted octanol–water partition coefficient (Wildman–Crippen LogP) is 3.42. The fourth-order valence-corrected chi connectivity index (χ4v) is 3.71. The molecule has 1 aromatic rings. The van der Waals surface area contributed by atoms with E-state index >= 15 is 0 Å². The fourth-order valence-electron chi connectivity index (χ4n) is 3.71. The molecule has 2 atom stereocenters. The number of nitrogens with zero attached hydrogens (tertiary/aromatic N) is 1. The Kier molecular flexibility index (Phi) is 5.65. The number of rotatable bonds is 6. The van der Waals surface area contributed by atoms with Gasteiger partial charge in [0.15, 0.2) is 0 Å². The van der Waals surface area contributed by atoms with Gasteiger partial charge in [0.2, 0.25) is 0 Å². The Labute approximate surface area is 129 Å². The molecule has 21 heavy (non-hydrogen) atoms. The minimum absolute atomic E-state index is 0.169. The van der Waals surface area contributed by atoms with Crippen LogP contribution in [-0.2, 0) is 6.54 Å². The molecule has 1 saturated carbocycles. The van der Waals surface area contributed by atoms with E-state index in [4.69, 9.17) is 10.5 Å². The maximum absolute atomic E-state index is 6.20. The lowest BCUT2D eigenvalue weighted by atomic mass is 9.73. The zero-order valence-electron chi connectivity index (χ0n) is 13.8. The van der Waals surface area contributed by atoms with Crippen LogP contribution >= 0.6 is 0 Å². The number of benzene rings is 1. The highest BCUT2D eigenvalue weighted by molar-refractivity contribution is 5.28. The van der Waals surface area contributed by atoms with Gasteiger partial charge in [-0.05, 0) is 43.5 Å². The summed E-state index contributed by atoms with van der Waals surface area (Å²) in [5.74, 6) is 1.76. The third-order valence-corrected chi connectivity index (χ3v) is 5.24. The van der Waals surface area contributed by atoms with Crippen LogP contribution in [0.25, 0.3) is 0 Å². The Balaban J connectivity index is 2.10. The second-order valence-corrected chi connectivity index (χ2v) is 6.51. The first-order valence-corrected chi connectivity index (χ1v) is 8.18. The molecule has 118 valence electrons. The van der Waals surface area contributed by atoms with E-state index in [0.29, 0.717) is 0 Å². The van der Waals surface area contributed by atoms with Crippen molar-refractivity contribution in [3.8, 4) is 5.75 Å². The monoisotopic (exact) mass is 290 g/mol. The standard InChI is InChI=1S/C18H30N2O/c1-4-15-8-6-10-18(12-15,14-19)20(2)13-16-7-5-9-17(11-16)21-3/h5,7,9,11,15H,4,6,8,10,12-14,19H2,1-3H3. The van der Waals surface area contributed by atoms with Crippen LogP contribution in [0.4, 0.5) is 0 Å². The van der Waals surface area contributed by atoms with E-state index in [-0.39, 0.29) is 5.54 Å². The van der Waals surface area contributed by atoms with Crippen LogP contribution < -0.4 is 10.5 Å². The molecule has 1 aliphatic carbocycles. The molecule has 0 aliphatic heterocycles. The van der Waals surface area contributed by atoms with E-state index in [0.717, 1.165) is 24.8 Å². The largest absolute Gasteiger partial charge is 0.497 e. The third kappa shape index (κ3) is 3.78. The summed E-state index contributed by atoms with van der Waals surface area (Å²) in [6.45, 7) is 3.99. The first-order valence-electron chi connectivity index (χ1n) is 8.18. The normalized spacial score (nSPS) is 26.0. The van der Waals surface area contributed by atoms with Gasteiger partial charge in [0.05, 0.1) is 7.11 Å². The molecule has 0 heterocycles. The Morgan fingerprint density at radius 2 is 2.24 bits per heavy atom. The van der Waals surface area contributed by atoms with Crippen molar-refractivity contribution in [1.29, 1.82) is 0 Å². The average Bonchev–Trinajstić information content (AvgIpc) is 2.54. The minimum Gasteiger partial charge on any atom is -0.497 e. The van der Waals surface area contributed by atoms with Gasteiger partial charge in [0.25, 0.3) is 0 Å². The molecule has 0 spiro atoms. The summed E-state index contributed by atoms with van der Waals surface area (Å²) in [4.78, 5) is 2.48. The van der Waals surface area contributed by atoms with Crippen molar-refractivity contribution < 1.29 is 4.74 Å². The van der Waals surface area contributed by atoms with Crippen LogP contribution in [-0.4, -0.2) is 31.1 Å². The number of hydrogen-bond acceptors (Lipinski definition) is 3. The molecule has 0 radical (unpaired) electrons. The van der Waals surface area contributed by atoms with Gasteiger partial charge in [0, 0.05) is 18.6 Å². The highest BCUT2D eigenvalue weighted by Gasteiger charge is 2.37. The van der Waals surface area contributed by atoms with Crippen LogP contribution in [0.15, 0.2) is 24.3 Å². The summed E-state index contributed by atoms with van der Waals surface area (Å²) in [5.41, 5.74) is 7.66. The molecule has 0 saturated heterocycles. The third-order valence-electron chi connectivity index (χ3n) is 5.24. The van der Waals surface area contributed by atoms with Gasteiger partial charge in [-0.3, -0.25) is 4.90 Å². The summed E-state index contributed by atoms with van der Waals surface area (Å²) in [7, 11) is 3.95. The molecule has 2 rings (SSSR count). The van der Waals surface area contributed by atoms with Gasteiger partial charge in [-0.2, -0.15) is 0 Å². The second kappa shape index (κ2) is 7.28. The van der Waals surface area contributed by atoms with Gasteiger partial charge < -0.3 is 10.5 Å². The maximum atomic E-state index is 6.20. The van der Waals surface area contributed by atoms with Crippen LogP contribution in [0.5, 0.6) is 5.75 Å². The summed E-state index contributed by atoms with van der Waals surface area (Å²) < 4.78 is 5.32. The summed E-state index contributed by atoms with van der Waals surface area (Å²) in [6, 6.07) is 8.35. The van der Waals surface area contributed by atoms with Gasteiger partial charge in [0.1, 0.15) is 5.75 Å². The minimum atomic E-state index is 0.169. The van der Waals surface area contributed by atoms with Crippen molar-refractivity contribution in [2.75, 3.05) is 20.7 Å². The molecule has 1 aromatic carbocycles. The lowest BCUT2D eigenvalue weighted by Crippen LogP contribution is -2.54. The number of hydrogen-bond donors (Lipinski definition) is 1. The molecule has 2 N–H and O–H groups in total. The molecule has 0 amide bonds. The van der Waals surface area contributed by atoms with Crippen LogP contribution in [0.3, 0.4) is 0 Å². The van der Waals surface area contributed by atoms with Crippen molar-refractivity contribution in [3.63, 3.8) is 0 Å². The van der Waals surface area contributed by atoms with E-state index in [1.807, 2.05) is 6.07 Å². The van der Waals surface area contributed by atoms with Gasteiger partial charge in [-0.1, -0.05) is 38.3 Å². The molecule has 3 heteroatoms. The molecule has 1 aliphatic rings. The first kappa shape index (κ1) is 16.3. The van der Waals surface area contributed by atoms with Crippen molar-refractivity contribution in [1.82, 2.24) is 4.90 Å². The highest BCUT2D eigenvalue weighted by Crippen LogP contribution is 2.37. The Morgan fingerprint density at radius 1 is 1.43 bits per heavy atom. The zero-order valence-corrected chi connectivity index (χ0v) is 13.8. The van der Waals surface area contributed by atoms with Crippen LogP contribution in [0, 0.1) is 5.92 Å². The lowest BCUT2D eigenvalue weighted by Gasteiger charge is -2.46. The van der Waals surface area contributed by atoms with E-state index in [2.05, 4.69) is 37.1 Å². The highest BCUT2D eigenvalue weighted by atomic mass is 16.5. The molecule has 3 nitrogen and oxygen atoms in total. The zero-order chi connectivity index (χ0) is 15.3. The number of ether oxygens (including phenoxy) is 1. The average molecular weight is 290 g/mol. The van der Waals surface area contributed by atoms with E-state index in [1.54, 1.807) is 7.11 Å². The lowest BCUT2D eigenvalue weighted by molar-refractivity contribution is 0.0503. The number of methoxy groups -OCH3 is 1. The van der Waals surface area contributed by atoms with Crippen molar-refractivity contribution in [2.24, 2.45) is 11.7 Å². The Morgan fingerprint density at radius 3 is 2.90 bits per heavy atom. The Hall–Kier alpha value is -1.06. The smallest absolute Gasteiger partial charge is 0.119 e. The quantitative estimate of drug-likeness (QED) is 0.872. The van der Waals surface area contributed by atoms with Gasteiger partial charge >= 0.3 is 0 Å². The summed E-state index contributed by atoms with van der Waals surface area (Å²) in [6.07, 6.45) is 6.40. The molecule has 0 aromatic heterocycles. The van der Waals surface area contributed by atoms with Crippen molar-refractivity contribution >= 4 is 0 Å². The van der Waals surface area contributed by atoms with Gasteiger partial charge in [-0.15, -0.1) is 0 Å². The molecular weight excluding hydrogens is 260 g/mol. The second-order valence-electron chi connectivity index (χ2n) is 6.51. The summed E-state index contributed by atoms with van der Waals surface area (Å²) >= 11 is 0. The van der Waals surface area contributed by atoms with Crippen LogP contribution in [0.1, 0.15) is 44.6 Å². The van der Waals surface area contributed by atoms with Crippen LogP contribution in [0.2, 0.25) is 0 Å². The SMILES string of the molecule is CCC1CCCC(CN)(N(C)Cc2cccc(OC)c2)C1.